The van der Waals surface area contributed by atoms with Crippen LogP contribution in [0, 0.1) is 6.92 Å². The van der Waals surface area contributed by atoms with Crippen LogP contribution in [0.2, 0.25) is 0 Å². The second kappa shape index (κ2) is 6.36. The average molecular weight is 346 g/mol. The van der Waals surface area contributed by atoms with E-state index in [1.165, 1.54) is 6.20 Å². The predicted molar refractivity (Wildman–Crippen MR) is 79.7 cm³/mol. The number of morpholine rings is 1. The number of hydrogen-bond donors (Lipinski definition) is 0. The summed E-state index contributed by atoms with van der Waals surface area (Å²) in [6.45, 7) is 2.92. The van der Waals surface area contributed by atoms with E-state index < -0.39 is 12.7 Å². The predicted octanol–water partition coefficient (Wildman–Crippen LogP) is 1.30. The Kier molecular flexibility index (Phi) is 4.56. The lowest BCUT2D eigenvalue weighted by Crippen LogP contribution is -2.59. The van der Waals surface area contributed by atoms with Crippen molar-refractivity contribution in [2.75, 3.05) is 33.3 Å². The van der Waals surface area contributed by atoms with E-state index >= 15 is 0 Å². The SMILES string of the molecule is Cc1nn(CC(F)(F)F)cc1C(=O)N1CCC2OCCN(C)C2C1. The number of likely N-dealkylation sites (N-methyl/N-ethyl adjacent to an activating group) is 1. The molecule has 1 aromatic heterocycles. The maximum absolute atomic E-state index is 12.7. The number of nitrogens with zero attached hydrogens (tertiary/aromatic N) is 4. The Hall–Kier alpha value is -1.61. The number of amides is 1. The summed E-state index contributed by atoms with van der Waals surface area (Å²) in [4.78, 5) is 16.6. The molecule has 3 heterocycles. The normalized spacial score (nSPS) is 25.6. The van der Waals surface area contributed by atoms with Crippen LogP contribution in [0.15, 0.2) is 6.20 Å². The zero-order valence-corrected chi connectivity index (χ0v) is 13.7. The summed E-state index contributed by atoms with van der Waals surface area (Å²) in [5, 5.41) is 3.82. The summed E-state index contributed by atoms with van der Waals surface area (Å²) < 4.78 is 44.0. The van der Waals surface area contributed by atoms with Crippen LogP contribution in [0.3, 0.4) is 0 Å². The van der Waals surface area contributed by atoms with Crippen molar-refractivity contribution in [2.24, 2.45) is 0 Å². The molecular weight excluding hydrogens is 325 g/mol. The number of ether oxygens (including phenoxy) is 1. The van der Waals surface area contributed by atoms with Crippen LogP contribution in [0.1, 0.15) is 22.5 Å². The van der Waals surface area contributed by atoms with E-state index in [1.807, 2.05) is 7.05 Å². The van der Waals surface area contributed by atoms with Crippen molar-refractivity contribution in [2.45, 2.75) is 38.2 Å². The van der Waals surface area contributed by atoms with Gasteiger partial charge in [-0.15, -0.1) is 0 Å². The van der Waals surface area contributed by atoms with Crippen molar-refractivity contribution in [1.82, 2.24) is 19.6 Å². The fourth-order valence-electron chi connectivity index (χ4n) is 3.39. The van der Waals surface area contributed by atoms with Gasteiger partial charge in [0, 0.05) is 25.8 Å². The van der Waals surface area contributed by atoms with E-state index in [2.05, 4.69) is 10.00 Å². The van der Waals surface area contributed by atoms with Crippen LogP contribution in [0.4, 0.5) is 13.2 Å². The second-order valence-corrected chi connectivity index (χ2v) is 6.44. The Balaban J connectivity index is 1.72. The molecule has 0 radical (unpaired) electrons. The number of aryl methyl sites for hydroxylation is 1. The van der Waals surface area contributed by atoms with Gasteiger partial charge in [0.2, 0.25) is 0 Å². The molecule has 2 aliphatic rings. The third-order valence-electron chi connectivity index (χ3n) is 4.67. The van der Waals surface area contributed by atoms with Crippen molar-refractivity contribution >= 4 is 5.91 Å². The number of rotatable bonds is 2. The number of carbonyl (C=O) groups is 1. The van der Waals surface area contributed by atoms with E-state index in [0.29, 0.717) is 25.4 Å². The van der Waals surface area contributed by atoms with Crippen molar-refractivity contribution in [3.05, 3.63) is 17.5 Å². The van der Waals surface area contributed by atoms with E-state index in [0.717, 1.165) is 17.6 Å². The third kappa shape index (κ3) is 3.56. The van der Waals surface area contributed by atoms with Gasteiger partial charge in [0.1, 0.15) is 6.54 Å². The quantitative estimate of drug-likeness (QED) is 0.810. The molecule has 0 aliphatic carbocycles. The fourth-order valence-corrected chi connectivity index (χ4v) is 3.39. The summed E-state index contributed by atoms with van der Waals surface area (Å²) >= 11 is 0. The molecule has 24 heavy (non-hydrogen) atoms. The van der Waals surface area contributed by atoms with Gasteiger partial charge in [0.15, 0.2) is 0 Å². The molecule has 0 spiro atoms. The number of aromatic nitrogens is 2. The maximum atomic E-state index is 12.7. The summed E-state index contributed by atoms with van der Waals surface area (Å²) in [5.74, 6) is -0.265. The summed E-state index contributed by atoms with van der Waals surface area (Å²) in [6.07, 6.45) is -2.32. The molecule has 1 amide bonds. The summed E-state index contributed by atoms with van der Waals surface area (Å²) in [7, 11) is 2.00. The summed E-state index contributed by atoms with van der Waals surface area (Å²) in [5.41, 5.74) is 0.553. The largest absolute Gasteiger partial charge is 0.408 e. The molecule has 6 nitrogen and oxygen atoms in total. The lowest BCUT2D eigenvalue weighted by molar-refractivity contribution is -0.142. The van der Waals surface area contributed by atoms with Crippen molar-refractivity contribution in [3.63, 3.8) is 0 Å². The minimum atomic E-state index is -4.36. The number of fused-ring (bicyclic) bond motifs is 1. The van der Waals surface area contributed by atoms with Crippen LogP contribution in [0.25, 0.3) is 0 Å². The van der Waals surface area contributed by atoms with Gasteiger partial charge in [-0.05, 0) is 20.4 Å². The van der Waals surface area contributed by atoms with E-state index in [4.69, 9.17) is 4.74 Å². The monoisotopic (exact) mass is 346 g/mol. The highest BCUT2D eigenvalue weighted by atomic mass is 19.4. The molecule has 3 rings (SSSR count). The standard InChI is InChI=1S/C15H21F3N4O2/c1-10-11(7-22(19-10)9-15(16,17)18)14(23)21-4-3-13-12(8-21)20(2)5-6-24-13/h7,12-13H,3-6,8-9H2,1-2H3. The molecule has 1 aromatic rings. The van der Waals surface area contributed by atoms with Crippen LogP contribution < -0.4 is 0 Å². The molecule has 134 valence electrons. The first-order valence-electron chi connectivity index (χ1n) is 7.96. The molecule has 2 atom stereocenters. The van der Waals surface area contributed by atoms with Gasteiger partial charge >= 0.3 is 6.18 Å². The molecule has 2 aliphatic heterocycles. The Bertz CT molecular complexity index is 616. The molecule has 0 N–H and O–H groups in total. The maximum Gasteiger partial charge on any atom is 0.408 e. The van der Waals surface area contributed by atoms with Gasteiger partial charge in [0.05, 0.1) is 30.0 Å². The minimum absolute atomic E-state index is 0.113. The number of halogens is 3. The Morgan fingerprint density at radius 1 is 1.42 bits per heavy atom. The Morgan fingerprint density at radius 3 is 2.88 bits per heavy atom. The molecule has 0 aromatic carbocycles. The highest BCUT2D eigenvalue weighted by molar-refractivity contribution is 5.95. The Morgan fingerprint density at radius 2 is 2.17 bits per heavy atom. The molecule has 0 saturated carbocycles. The smallest absolute Gasteiger partial charge is 0.375 e. The van der Waals surface area contributed by atoms with Gasteiger partial charge < -0.3 is 9.64 Å². The van der Waals surface area contributed by atoms with Gasteiger partial charge in [-0.1, -0.05) is 0 Å². The van der Waals surface area contributed by atoms with Crippen LogP contribution in [0.5, 0.6) is 0 Å². The van der Waals surface area contributed by atoms with Gasteiger partial charge in [-0.2, -0.15) is 18.3 Å². The van der Waals surface area contributed by atoms with Crippen molar-refractivity contribution in [1.29, 1.82) is 0 Å². The number of piperidine rings is 1. The van der Waals surface area contributed by atoms with E-state index in [-0.39, 0.29) is 23.6 Å². The number of hydrogen-bond acceptors (Lipinski definition) is 4. The number of carbonyl (C=O) groups excluding carboxylic acids is 1. The van der Waals surface area contributed by atoms with Crippen LogP contribution in [-0.2, 0) is 11.3 Å². The molecular formula is C15H21F3N4O2. The van der Waals surface area contributed by atoms with E-state index in [9.17, 15) is 18.0 Å². The fraction of sp³-hybridized carbons (Fsp3) is 0.733. The first-order valence-corrected chi connectivity index (χ1v) is 7.96. The first kappa shape index (κ1) is 17.2. The number of likely N-dealkylation sites (tertiary alicyclic amines) is 1. The van der Waals surface area contributed by atoms with Gasteiger partial charge in [-0.25, -0.2) is 0 Å². The minimum Gasteiger partial charge on any atom is -0.375 e. The van der Waals surface area contributed by atoms with Gasteiger partial charge in [0.25, 0.3) is 5.91 Å². The number of alkyl halides is 3. The zero-order chi connectivity index (χ0) is 17.5. The van der Waals surface area contributed by atoms with Crippen LogP contribution in [-0.4, -0.2) is 77.1 Å². The van der Waals surface area contributed by atoms with Crippen molar-refractivity contribution in [3.8, 4) is 0 Å². The molecule has 2 fully saturated rings. The summed E-state index contributed by atoms with van der Waals surface area (Å²) in [6, 6.07) is 0.127. The topological polar surface area (TPSA) is 50.6 Å². The average Bonchev–Trinajstić information content (AvgIpc) is 2.85. The molecule has 9 heteroatoms. The third-order valence-corrected chi connectivity index (χ3v) is 4.67. The lowest BCUT2D eigenvalue weighted by Gasteiger charge is -2.45. The second-order valence-electron chi connectivity index (χ2n) is 6.44. The molecule has 2 unspecified atom stereocenters. The van der Waals surface area contributed by atoms with Crippen molar-refractivity contribution < 1.29 is 22.7 Å². The first-order chi connectivity index (χ1) is 11.2. The molecule has 2 saturated heterocycles. The highest BCUT2D eigenvalue weighted by Gasteiger charge is 2.38. The zero-order valence-electron chi connectivity index (χ0n) is 13.7. The van der Waals surface area contributed by atoms with Crippen LogP contribution >= 0.6 is 0 Å². The highest BCUT2D eigenvalue weighted by Crippen LogP contribution is 2.24. The molecule has 0 bridgehead atoms. The van der Waals surface area contributed by atoms with Gasteiger partial charge in [-0.3, -0.25) is 14.4 Å². The van der Waals surface area contributed by atoms with E-state index in [1.54, 1.807) is 11.8 Å². The Labute approximate surface area is 138 Å². The lowest BCUT2D eigenvalue weighted by atomic mass is 9.98.